The molecule has 174 valence electrons. The van der Waals surface area contributed by atoms with E-state index in [1.54, 1.807) is 66.0 Å². The lowest BCUT2D eigenvalue weighted by Crippen LogP contribution is -2.28. The van der Waals surface area contributed by atoms with Crippen LogP contribution < -0.4 is 16.4 Å². The average Bonchev–Trinajstić information content (AvgIpc) is 3.42. The van der Waals surface area contributed by atoms with E-state index in [0.29, 0.717) is 45.9 Å². The number of para-hydroxylation sites is 1. The molecular weight excluding hydrogens is 462 g/mol. The van der Waals surface area contributed by atoms with E-state index >= 15 is 0 Å². The molecule has 9 heteroatoms. The van der Waals surface area contributed by atoms with E-state index in [4.69, 9.17) is 5.73 Å². The van der Waals surface area contributed by atoms with Gasteiger partial charge in [-0.05, 0) is 47.3 Å². The van der Waals surface area contributed by atoms with E-state index in [2.05, 4.69) is 21.7 Å². The summed E-state index contributed by atoms with van der Waals surface area (Å²) in [4.78, 5) is 30.0. The van der Waals surface area contributed by atoms with Crippen molar-refractivity contribution in [2.45, 2.75) is 0 Å². The number of rotatable bonds is 7. The van der Waals surface area contributed by atoms with Gasteiger partial charge in [0, 0.05) is 29.8 Å². The second kappa shape index (κ2) is 10.6. The zero-order chi connectivity index (χ0) is 24.8. The van der Waals surface area contributed by atoms with Gasteiger partial charge in [0.25, 0.3) is 11.8 Å². The topological polar surface area (TPSA) is 141 Å². The van der Waals surface area contributed by atoms with Crippen molar-refractivity contribution in [3.63, 3.8) is 0 Å². The normalized spacial score (nSPS) is 10.4. The third-order valence-electron chi connectivity index (χ3n) is 5.18. The molecule has 0 aliphatic heterocycles. The summed E-state index contributed by atoms with van der Waals surface area (Å²) in [5.74, 6) is -0.558. The molecule has 4 rings (SSSR count). The lowest BCUT2D eigenvalue weighted by Gasteiger charge is -2.14. The van der Waals surface area contributed by atoms with Gasteiger partial charge in [-0.1, -0.05) is 30.3 Å². The maximum atomic E-state index is 12.8. The predicted octanol–water partition coefficient (Wildman–Crippen LogP) is 4.00. The number of phenols is 1. The molecule has 35 heavy (non-hydrogen) atoms. The first kappa shape index (κ1) is 23.6. The van der Waals surface area contributed by atoms with Gasteiger partial charge in [0.2, 0.25) is 0 Å². The van der Waals surface area contributed by atoms with Crippen molar-refractivity contribution in [1.82, 2.24) is 10.3 Å². The van der Waals surface area contributed by atoms with E-state index in [-0.39, 0.29) is 23.0 Å². The molecule has 4 aromatic rings. The number of thiophene rings is 1. The summed E-state index contributed by atoms with van der Waals surface area (Å²) in [6.07, 6.45) is 0. The lowest BCUT2D eigenvalue weighted by molar-refractivity contribution is 0.0954. The number of amides is 2. The summed E-state index contributed by atoms with van der Waals surface area (Å²) in [7, 11) is 0. The Morgan fingerprint density at radius 1 is 1.03 bits per heavy atom. The summed E-state index contributed by atoms with van der Waals surface area (Å²) < 4.78 is 0. The Morgan fingerprint density at radius 3 is 2.46 bits per heavy atom. The van der Waals surface area contributed by atoms with Crippen LogP contribution in [0.15, 0.2) is 72.1 Å². The number of carbonyl (C=O) groups excluding carboxylic acids is 2. The minimum Gasteiger partial charge on any atom is -0.507 e. The van der Waals surface area contributed by atoms with Gasteiger partial charge < -0.3 is 21.5 Å². The first-order chi connectivity index (χ1) is 17.0. The van der Waals surface area contributed by atoms with Gasteiger partial charge >= 0.3 is 0 Å². The number of nitrogens with zero attached hydrogens (tertiary/aromatic N) is 2. The minimum atomic E-state index is -0.392. The summed E-state index contributed by atoms with van der Waals surface area (Å²) in [6.45, 7) is 0.697. The van der Waals surface area contributed by atoms with Crippen molar-refractivity contribution in [2.75, 3.05) is 18.4 Å². The van der Waals surface area contributed by atoms with Crippen LogP contribution in [0.4, 0.5) is 5.82 Å². The Hall–Kier alpha value is -4.52. The Morgan fingerprint density at radius 2 is 1.80 bits per heavy atom. The fourth-order valence-electron chi connectivity index (χ4n) is 3.47. The van der Waals surface area contributed by atoms with Gasteiger partial charge in [-0.3, -0.25) is 9.59 Å². The molecule has 0 atom stereocenters. The summed E-state index contributed by atoms with van der Waals surface area (Å²) in [5, 5.41) is 27.6. The third kappa shape index (κ3) is 5.19. The van der Waals surface area contributed by atoms with Crippen LogP contribution in [0, 0.1) is 11.3 Å². The largest absolute Gasteiger partial charge is 0.507 e. The number of pyridine rings is 1. The molecule has 2 heterocycles. The van der Waals surface area contributed by atoms with Gasteiger partial charge in [-0.2, -0.15) is 5.26 Å². The number of hydrogen-bond donors (Lipinski definition) is 4. The number of aromatic hydroxyl groups is 1. The number of benzene rings is 2. The van der Waals surface area contributed by atoms with Crippen LogP contribution in [0.3, 0.4) is 0 Å². The van der Waals surface area contributed by atoms with Crippen LogP contribution in [-0.2, 0) is 0 Å². The van der Waals surface area contributed by atoms with Gasteiger partial charge in [0.05, 0.1) is 10.6 Å². The monoisotopic (exact) mass is 483 g/mol. The minimum absolute atomic E-state index is 0.0121. The van der Waals surface area contributed by atoms with Crippen molar-refractivity contribution in [1.29, 1.82) is 5.26 Å². The van der Waals surface area contributed by atoms with E-state index in [1.807, 2.05) is 0 Å². The van der Waals surface area contributed by atoms with E-state index in [0.717, 1.165) is 0 Å². The number of carbonyl (C=O) groups is 2. The maximum absolute atomic E-state index is 12.8. The zero-order valence-electron chi connectivity index (χ0n) is 18.5. The highest BCUT2D eigenvalue weighted by Crippen LogP contribution is 2.35. The highest BCUT2D eigenvalue weighted by Gasteiger charge is 2.19. The zero-order valence-corrected chi connectivity index (χ0v) is 19.3. The van der Waals surface area contributed by atoms with Gasteiger partial charge in [-0.25, -0.2) is 4.98 Å². The Bertz CT molecular complexity index is 1410. The summed E-state index contributed by atoms with van der Waals surface area (Å²) in [5.41, 5.74) is 8.01. The van der Waals surface area contributed by atoms with Crippen LogP contribution in [-0.4, -0.2) is 35.0 Å². The molecule has 2 amide bonds. The maximum Gasteiger partial charge on any atom is 0.266 e. The molecule has 2 aromatic carbocycles. The molecule has 2 aromatic heterocycles. The van der Waals surface area contributed by atoms with Crippen molar-refractivity contribution in [2.24, 2.45) is 5.73 Å². The SMILES string of the molecule is N#Cc1c(-c2ccc(C(=O)NCCN)cc2)cc(-c2ccccc2O)nc1NC(=O)c1cccs1. The molecule has 0 bridgehead atoms. The second-order valence-electron chi connectivity index (χ2n) is 7.46. The van der Waals surface area contributed by atoms with Crippen LogP contribution in [0.2, 0.25) is 0 Å². The summed E-state index contributed by atoms with van der Waals surface area (Å²) in [6, 6.07) is 20.7. The number of aromatic nitrogens is 1. The van der Waals surface area contributed by atoms with E-state index < -0.39 is 5.91 Å². The lowest BCUT2D eigenvalue weighted by atomic mass is 9.97. The quantitative estimate of drug-likeness (QED) is 0.313. The fourth-order valence-corrected chi connectivity index (χ4v) is 4.09. The smallest absolute Gasteiger partial charge is 0.266 e. The highest BCUT2D eigenvalue weighted by molar-refractivity contribution is 7.12. The molecule has 0 aliphatic rings. The Balaban J connectivity index is 1.81. The first-order valence-electron chi connectivity index (χ1n) is 10.7. The molecule has 5 N–H and O–H groups in total. The van der Waals surface area contributed by atoms with Gasteiger partial charge in [-0.15, -0.1) is 11.3 Å². The molecule has 0 fully saturated rings. The van der Waals surface area contributed by atoms with Crippen LogP contribution in [0.25, 0.3) is 22.4 Å². The molecule has 0 radical (unpaired) electrons. The van der Waals surface area contributed by atoms with Crippen LogP contribution >= 0.6 is 11.3 Å². The molecule has 0 saturated heterocycles. The van der Waals surface area contributed by atoms with E-state index in [9.17, 15) is 20.0 Å². The molecule has 0 saturated carbocycles. The summed E-state index contributed by atoms with van der Waals surface area (Å²) >= 11 is 1.27. The standard InChI is InChI=1S/C26H21N5O3S/c27-11-12-29-25(33)17-9-7-16(8-10-17)19-14-21(18-4-1-2-5-22(18)32)30-24(20(19)15-28)31-26(34)23-6-3-13-35-23/h1-10,13-14,32H,11-12,27H2,(H,29,33)(H,30,31,34). The molecule has 0 spiro atoms. The van der Waals surface area contributed by atoms with Gasteiger partial charge in [0.1, 0.15) is 17.4 Å². The number of nitriles is 1. The number of hydrogen-bond acceptors (Lipinski definition) is 7. The predicted molar refractivity (Wildman–Crippen MR) is 135 cm³/mol. The van der Waals surface area contributed by atoms with Crippen molar-refractivity contribution in [3.8, 4) is 34.2 Å². The van der Waals surface area contributed by atoms with Gasteiger partial charge in [0.15, 0.2) is 5.82 Å². The second-order valence-corrected chi connectivity index (χ2v) is 8.41. The number of anilines is 1. The highest BCUT2D eigenvalue weighted by atomic mass is 32.1. The molecule has 0 aliphatic carbocycles. The average molecular weight is 484 g/mol. The number of nitrogens with one attached hydrogen (secondary N) is 2. The van der Waals surface area contributed by atoms with E-state index in [1.165, 1.54) is 17.4 Å². The number of nitrogens with two attached hydrogens (primary N) is 1. The fraction of sp³-hybridized carbons (Fsp3) is 0.0769. The van der Waals surface area contributed by atoms with Crippen LogP contribution in [0.5, 0.6) is 5.75 Å². The van der Waals surface area contributed by atoms with Crippen molar-refractivity contribution < 1.29 is 14.7 Å². The Kier molecular flexibility index (Phi) is 7.16. The molecular formula is C26H21N5O3S. The number of phenolic OH excluding ortho intramolecular Hbond substituents is 1. The van der Waals surface area contributed by atoms with Crippen molar-refractivity contribution >= 4 is 29.0 Å². The molecule has 8 nitrogen and oxygen atoms in total. The Labute approximate surface area is 205 Å². The van der Waals surface area contributed by atoms with Crippen LogP contribution in [0.1, 0.15) is 25.6 Å². The first-order valence-corrected chi connectivity index (χ1v) is 11.6. The van der Waals surface area contributed by atoms with Crippen molar-refractivity contribution in [3.05, 3.63) is 88.1 Å². The third-order valence-corrected chi connectivity index (χ3v) is 6.04. The molecule has 0 unspecified atom stereocenters.